The van der Waals surface area contributed by atoms with E-state index in [0.717, 1.165) is 47.4 Å². The van der Waals surface area contributed by atoms with Crippen molar-refractivity contribution in [1.82, 2.24) is 39.9 Å². The van der Waals surface area contributed by atoms with Gasteiger partial charge in [0.05, 0.1) is 0 Å². The van der Waals surface area contributed by atoms with Crippen molar-refractivity contribution in [3.05, 3.63) is 94.6 Å². The van der Waals surface area contributed by atoms with Gasteiger partial charge in [-0.1, -0.05) is 84.9 Å². The number of aromatic amines is 2. The van der Waals surface area contributed by atoms with Crippen LogP contribution in [0.4, 0.5) is 39.5 Å². The Balaban J connectivity index is 0.000000259. The van der Waals surface area contributed by atoms with Crippen LogP contribution < -0.4 is 5.73 Å². The molecule has 0 saturated carbocycles. The molecule has 0 saturated heterocycles. The second-order valence-electron chi connectivity index (χ2n) is 12.8. The van der Waals surface area contributed by atoms with Crippen molar-refractivity contribution in [2.45, 2.75) is 30.4 Å². The molecule has 58 heavy (non-hydrogen) atoms. The average Bonchev–Trinajstić information content (AvgIpc) is 3.91. The van der Waals surface area contributed by atoms with E-state index in [1.807, 2.05) is 78.9 Å². The Labute approximate surface area is 346 Å². The molecule has 292 valence electrons. The molecule has 0 aliphatic carbocycles. The van der Waals surface area contributed by atoms with Gasteiger partial charge in [-0.3, -0.25) is 0 Å². The van der Waals surface area contributed by atoms with Crippen LogP contribution in [0, 0.1) is 3.57 Å². The summed E-state index contributed by atoms with van der Waals surface area (Å²) in [5.74, 6) is -16.5. The van der Waals surface area contributed by atoms with Crippen LogP contribution in [-0.4, -0.2) is 70.4 Å². The van der Waals surface area contributed by atoms with E-state index in [2.05, 4.69) is 50.4 Å². The van der Waals surface area contributed by atoms with E-state index in [1.54, 1.807) is 0 Å². The van der Waals surface area contributed by atoms with Gasteiger partial charge in [-0.2, -0.15) is 39.5 Å². The van der Waals surface area contributed by atoms with Crippen molar-refractivity contribution in [3.63, 3.8) is 0 Å². The van der Waals surface area contributed by atoms with Crippen molar-refractivity contribution >= 4 is 66.7 Å². The van der Waals surface area contributed by atoms with Crippen molar-refractivity contribution < 1.29 is 59.0 Å². The van der Waals surface area contributed by atoms with E-state index < -0.39 is 36.9 Å². The molecule has 20 heteroatoms. The Morgan fingerprint density at radius 2 is 0.862 bits per heavy atom. The number of halogens is 10. The standard InChI is InChI=1S/C32H17IN8.C6H6F9N.Zn/c33-23-15-7-14-22-24(23)32-40-30-21-13-6-5-12-20(21)28(38-30)36-26-17-9-2-1-8-16(17)25(34-26)35-27-18-10-3-4-11-19(18)29(37-27)39-31(22)41-32;7-3(8,1-2-16)4(9,10)5(11,12)6(13,14)15;/h1-15H,(H2,34,35,36,37,38,39,40,41);1-2,16H2;. The number of hydrogen-bond donors (Lipinski definition) is 3. The zero-order valence-corrected chi connectivity index (χ0v) is 34.4. The van der Waals surface area contributed by atoms with Crippen molar-refractivity contribution in [3.8, 4) is 45.6 Å². The predicted octanol–water partition coefficient (Wildman–Crippen LogP) is 10.3. The maximum absolute atomic E-state index is 12.4. The molecule has 4 aromatic carbocycles. The summed E-state index contributed by atoms with van der Waals surface area (Å²) in [6.07, 6.45) is -8.75. The molecule has 5 heterocycles. The third-order valence-corrected chi connectivity index (χ3v) is 10.1. The van der Waals surface area contributed by atoms with E-state index in [4.69, 9.17) is 29.9 Å². The Kier molecular flexibility index (Phi) is 10.6. The zero-order chi connectivity index (χ0) is 40.5. The van der Waals surface area contributed by atoms with Gasteiger partial charge in [-0.15, -0.1) is 0 Å². The summed E-state index contributed by atoms with van der Waals surface area (Å²) in [7, 11) is 0. The molecule has 2 aliphatic rings. The molecule has 0 unspecified atom stereocenters. The van der Waals surface area contributed by atoms with Gasteiger partial charge in [0.15, 0.2) is 23.3 Å². The zero-order valence-electron chi connectivity index (χ0n) is 29.3. The number of benzene rings is 4. The number of hydrogen-bond acceptors (Lipinski definition) is 7. The average molecular weight is 969 g/mol. The molecular formula is C38H23F9IN9Zn. The summed E-state index contributed by atoms with van der Waals surface area (Å²) >= 11 is 2.35. The predicted molar refractivity (Wildman–Crippen MR) is 203 cm³/mol. The van der Waals surface area contributed by atoms with E-state index in [1.165, 1.54) is 0 Å². The molecule has 7 aromatic rings. The van der Waals surface area contributed by atoms with Crippen LogP contribution >= 0.6 is 22.6 Å². The molecular weight excluding hydrogens is 946 g/mol. The third-order valence-electron chi connectivity index (χ3n) is 9.20. The quantitative estimate of drug-likeness (QED) is 0.0908. The molecule has 3 aromatic heterocycles. The van der Waals surface area contributed by atoms with E-state index in [0.29, 0.717) is 45.9 Å². The topological polar surface area (TPSA) is 135 Å². The Bertz CT molecular complexity index is 2890. The fourth-order valence-corrected chi connectivity index (χ4v) is 7.15. The molecule has 9 rings (SSSR count). The largest absolute Gasteiger partial charge is 0.460 e. The van der Waals surface area contributed by atoms with E-state index >= 15 is 0 Å². The minimum absolute atomic E-state index is 0. The van der Waals surface area contributed by atoms with Crippen LogP contribution in [0.5, 0.6) is 0 Å². The first kappa shape index (κ1) is 41.1. The monoisotopic (exact) mass is 967 g/mol. The molecule has 9 nitrogen and oxygen atoms in total. The van der Waals surface area contributed by atoms with Crippen LogP contribution in [0.25, 0.3) is 89.7 Å². The van der Waals surface area contributed by atoms with Crippen LogP contribution in [0.1, 0.15) is 6.42 Å². The van der Waals surface area contributed by atoms with Crippen LogP contribution in [0.3, 0.4) is 0 Å². The van der Waals surface area contributed by atoms with Crippen LogP contribution in [-0.2, 0) is 19.5 Å². The van der Waals surface area contributed by atoms with Crippen molar-refractivity contribution in [1.29, 1.82) is 0 Å². The number of aromatic nitrogens is 8. The smallest absolute Gasteiger partial charge is 0.330 e. The number of alkyl halides is 9. The Morgan fingerprint density at radius 1 is 0.483 bits per heavy atom. The molecule has 2 aliphatic heterocycles. The summed E-state index contributed by atoms with van der Waals surface area (Å²) in [6.45, 7) is -1.16. The maximum Gasteiger partial charge on any atom is 0.460 e. The van der Waals surface area contributed by atoms with E-state index in [9.17, 15) is 39.5 Å². The van der Waals surface area contributed by atoms with Crippen LogP contribution in [0.15, 0.2) is 91.0 Å². The Hall–Kier alpha value is -5.08. The van der Waals surface area contributed by atoms with Crippen molar-refractivity contribution in [2.24, 2.45) is 5.73 Å². The maximum atomic E-state index is 12.4. The number of fused-ring (bicyclic) bond motifs is 20. The number of nitrogens with zero attached hydrogens (tertiary/aromatic N) is 6. The summed E-state index contributed by atoms with van der Waals surface area (Å²) < 4.78 is 109. The molecule has 0 amide bonds. The number of H-pyrrole nitrogens is 2. The molecule has 0 fully saturated rings. The van der Waals surface area contributed by atoms with Gasteiger partial charge in [-0.05, 0) is 35.2 Å². The minimum Gasteiger partial charge on any atom is -0.330 e. The van der Waals surface area contributed by atoms with Crippen LogP contribution in [0.2, 0.25) is 0 Å². The van der Waals surface area contributed by atoms with E-state index in [-0.39, 0.29) is 19.5 Å². The second kappa shape index (κ2) is 14.9. The second-order valence-corrected chi connectivity index (χ2v) is 14.0. The first-order valence-corrected chi connectivity index (χ1v) is 17.9. The fraction of sp³-hybridized carbons (Fsp3) is 0.158. The normalized spacial score (nSPS) is 12.7. The number of rotatable bonds is 4. The molecule has 0 spiro atoms. The molecule has 8 bridgehead atoms. The van der Waals surface area contributed by atoms with Crippen molar-refractivity contribution in [2.75, 3.05) is 6.54 Å². The van der Waals surface area contributed by atoms with Gasteiger partial charge in [0.25, 0.3) is 0 Å². The van der Waals surface area contributed by atoms with Gasteiger partial charge < -0.3 is 15.7 Å². The summed E-state index contributed by atoms with van der Waals surface area (Å²) in [5, 5.41) is 3.86. The Morgan fingerprint density at radius 3 is 1.29 bits per heavy atom. The first-order valence-electron chi connectivity index (χ1n) is 16.8. The molecule has 0 atom stereocenters. The third kappa shape index (κ3) is 6.77. The van der Waals surface area contributed by atoms with Gasteiger partial charge in [0.2, 0.25) is 0 Å². The number of nitrogens with one attached hydrogen (secondary N) is 2. The summed E-state index contributed by atoms with van der Waals surface area (Å²) in [6, 6.07) is 30.4. The van der Waals surface area contributed by atoms with Gasteiger partial charge >= 0.3 is 23.9 Å². The summed E-state index contributed by atoms with van der Waals surface area (Å²) in [5.41, 5.74) is 10.9. The van der Waals surface area contributed by atoms with Gasteiger partial charge in [-0.25, -0.2) is 29.9 Å². The molecule has 0 radical (unpaired) electrons. The SMILES string of the molecule is Ic1cccc2c3nc4nc(nc5[nH]c(nc6nc(nc([nH]3)c12)-c1ccccc1-6)c1ccccc51)-c1ccccc1-4.NCCC(F)(F)C(F)(F)C(F)(F)C(F)(F)F.[Zn]. The van der Waals surface area contributed by atoms with Gasteiger partial charge in [0, 0.05) is 73.3 Å². The number of nitrogens with two attached hydrogens (primary N) is 1. The molecule has 4 N–H and O–H groups in total. The fourth-order valence-electron chi connectivity index (χ4n) is 6.39. The summed E-state index contributed by atoms with van der Waals surface area (Å²) in [4.78, 5) is 37.0. The van der Waals surface area contributed by atoms with Gasteiger partial charge in [0.1, 0.15) is 22.6 Å². The first-order chi connectivity index (χ1) is 27.0. The minimum atomic E-state index is -6.82.